The Kier molecular flexibility index (Phi) is 6.64. The molecule has 1 aliphatic heterocycles. The molecule has 0 unspecified atom stereocenters. The summed E-state index contributed by atoms with van der Waals surface area (Å²) in [4.78, 5) is 16.2. The largest absolute Gasteiger partial charge is 0.482 e. The summed E-state index contributed by atoms with van der Waals surface area (Å²) in [6.07, 6.45) is 7.68. The van der Waals surface area contributed by atoms with Crippen molar-refractivity contribution in [2.24, 2.45) is 0 Å². The highest BCUT2D eigenvalue weighted by Gasteiger charge is 2.17. The first-order chi connectivity index (χ1) is 14.7. The van der Waals surface area contributed by atoms with Gasteiger partial charge < -0.3 is 15.4 Å². The number of rotatable bonds is 9. The molecule has 0 fully saturated rings. The maximum atomic E-state index is 11.5. The molecule has 5 nitrogen and oxygen atoms in total. The van der Waals surface area contributed by atoms with Gasteiger partial charge in [-0.25, -0.2) is 4.98 Å². The number of aromatic nitrogens is 1. The minimum absolute atomic E-state index is 0.0642. The predicted molar refractivity (Wildman–Crippen MR) is 124 cm³/mol. The Labute approximate surface area is 181 Å². The highest BCUT2D eigenvalue weighted by atomic mass is 32.1. The number of hydrogen-bond acceptors (Lipinski definition) is 5. The number of amides is 1. The minimum atomic E-state index is -0.135. The van der Waals surface area contributed by atoms with E-state index in [1.807, 2.05) is 23.6 Å². The molecule has 0 saturated heterocycles. The number of carbonyl (C=O) groups is 1. The first-order valence-corrected chi connectivity index (χ1v) is 11.5. The van der Waals surface area contributed by atoms with Crippen LogP contribution in [0.15, 0.2) is 47.8 Å². The first-order valence-electron chi connectivity index (χ1n) is 10.6. The number of anilines is 3. The van der Waals surface area contributed by atoms with Gasteiger partial charge in [-0.3, -0.25) is 4.79 Å². The van der Waals surface area contributed by atoms with Crippen LogP contribution >= 0.6 is 11.3 Å². The third kappa shape index (κ3) is 5.19. The number of nitrogens with one attached hydrogen (secondary N) is 2. The van der Waals surface area contributed by atoms with Crippen LogP contribution in [0.3, 0.4) is 0 Å². The van der Waals surface area contributed by atoms with E-state index in [0.717, 1.165) is 28.5 Å². The lowest BCUT2D eigenvalue weighted by molar-refractivity contribution is -0.118. The standard InChI is InChI=1S/C24H27N3O2S/c1-2-3-4-5-6-7-17-8-11-19(12-9-17)25-24-27-21(16-30-24)18-10-13-22-20(14-18)26-23(28)15-29-22/h8-14,16H,2-7,15H2,1H3,(H,25,27)(H,26,28). The minimum Gasteiger partial charge on any atom is -0.482 e. The Balaban J connectivity index is 1.36. The van der Waals surface area contributed by atoms with E-state index in [2.05, 4.69) is 41.8 Å². The highest BCUT2D eigenvalue weighted by molar-refractivity contribution is 7.14. The van der Waals surface area contributed by atoms with Crippen LogP contribution in [0.25, 0.3) is 11.3 Å². The number of unbranched alkanes of at least 4 members (excludes halogenated alkanes) is 4. The lowest BCUT2D eigenvalue weighted by Crippen LogP contribution is -2.25. The Morgan fingerprint density at radius 2 is 1.93 bits per heavy atom. The average molecular weight is 422 g/mol. The molecule has 0 saturated carbocycles. The van der Waals surface area contributed by atoms with Gasteiger partial charge in [0.15, 0.2) is 11.7 Å². The maximum Gasteiger partial charge on any atom is 0.262 e. The Morgan fingerprint density at radius 1 is 1.10 bits per heavy atom. The molecule has 3 aromatic rings. The molecule has 0 radical (unpaired) electrons. The fraction of sp³-hybridized carbons (Fsp3) is 0.333. The second-order valence-corrected chi connectivity index (χ2v) is 8.43. The van der Waals surface area contributed by atoms with E-state index >= 15 is 0 Å². The van der Waals surface area contributed by atoms with Gasteiger partial charge in [-0.1, -0.05) is 44.7 Å². The highest BCUT2D eigenvalue weighted by Crippen LogP contribution is 2.34. The summed E-state index contributed by atoms with van der Waals surface area (Å²) in [7, 11) is 0. The molecule has 1 amide bonds. The fourth-order valence-electron chi connectivity index (χ4n) is 3.52. The van der Waals surface area contributed by atoms with Crippen molar-refractivity contribution in [2.75, 3.05) is 17.2 Å². The normalized spacial score (nSPS) is 12.8. The van der Waals surface area contributed by atoms with Crippen molar-refractivity contribution in [2.45, 2.75) is 45.4 Å². The average Bonchev–Trinajstić information content (AvgIpc) is 3.23. The summed E-state index contributed by atoms with van der Waals surface area (Å²) in [6, 6.07) is 14.4. The van der Waals surface area contributed by atoms with Crippen molar-refractivity contribution < 1.29 is 9.53 Å². The Bertz CT molecular complexity index is 998. The number of ether oxygens (including phenoxy) is 1. The number of fused-ring (bicyclic) bond motifs is 1. The molecule has 0 spiro atoms. The van der Waals surface area contributed by atoms with Gasteiger partial charge in [0.05, 0.1) is 11.4 Å². The predicted octanol–water partition coefficient (Wildman–Crippen LogP) is 6.40. The second-order valence-electron chi connectivity index (χ2n) is 7.57. The van der Waals surface area contributed by atoms with Crippen LogP contribution < -0.4 is 15.4 Å². The van der Waals surface area contributed by atoms with E-state index in [1.165, 1.54) is 37.7 Å². The lowest BCUT2D eigenvalue weighted by Gasteiger charge is -2.18. The van der Waals surface area contributed by atoms with Gasteiger partial charge in [0.25, 0.3) is 5.91 Å². The van der Waals surface area contributed by atoms with Crippen LogP contribution in [-0.2, 0) is 11.2 Å². The first kappa shape index (κ1) is 20.4. The number of benzene rings is 2. The van der Waals surface area contributed by atoms with Crippen molar-refractivity contribution in [3.63, 3.8) is 0 Å². The van der Waals surface area contributed by atoms with Gasteiger partial charge in [0.1, 0.15) is 5.75 Å². The molecule has 156 valence electrons. The van der Waals surface area contributed by atoms with Crippen LogP contribution in [-0.4, -0.2) is 17.5 Å². The molecule has 1 aromatic heterocycles. The summed E-state index contributed by atoms with van der Waals surface area (Å²) < 4.78 is 5.42. The SMILES string of the molecule is CCCCCCCc1ccc(Nc2nc(-c3ccc4c(c3)NC(=O)CO4)cs2)cc1. The molecular formula is C24H27N3O2S. The van der Waals surface area contributed by atoms with Gasteiger partial charge in [-0.2, -0.15) is 0 Å². The van der Waals surface area contributed by atoms with Crippen molar-refractivity contribution in [1.29, 1.82) is 0 Å². The molecule has 4 rings (SSSR count). The van der Waals surface area contributed by atoms with E-state index in [9.17, 15) is 4.79 Å². The monoisotopic (exact) mass is 421 g/mol. The van der Waals surface area contributed by atoms with Crippen molar-refractivity contribution in [1.82, 2.24) is 4.98 Å². The third-order valence-electron chi connectivity index (χ3n) is 5.19. The van der Waals surface area contributed by atoms with Crippen LogP contribution in [0.2, 0.25) is 0 Å². The van der Waals surface area contributed by atoms with Crippen LogP contribution in [0.4, 0.5) is 16.5 Å². The van der Waals surface area contributed by atoms with E-state index in [1.54, 1.807) is 11.3 Å². The fourth-order valence-corrected chi connectivity index (χ4v) is 4.26. The quantitative estimate of drug-likeness (QED) is 0.393. The smallest absolute Gasteiger partial charge is 0.262 e. The van der Waals surface area contributed by atoms with E-state index in [-0.39, 0.29) is 12.5 Å². The summed E-state index contributed by atoms with van der Waals surface area (Å²) in [6.45, 7) is 2.31. The lowest BCUT2D eigenvalue weighted by atomic mass is 10.1. The maximum absolute atomic E-state index is 11.5. The van der Waals surface area contributed by atoms with Gasteiger partial charge in [0.2, 0.25) is 0 Å². The molecule has 1 aliphatic rings. The summed E-state index contributed by atoms with van der Waals surface area (Å²) in [5.41, 5.74) is 4.93. The molecule has 0 aliphatic carbocycles. The molecule has 0 bridgehead atoms. The zero-order chi connectivity index (χ0) is 20.8. The molecule has 2 heterocycles. The van der Waals surface area contributed by atoms with Crippen LogP contribution in [0.5, 0.6) is 5.75 Å². The molecule has 30 heavy (non-hydrogen) atoms. The van der Waals surface area contributed by atoms with Gasteiger partial charge in [0, 0.05) is 16.6 Å². The zero-order valence-corrected chi connectivity index (χ0v) is 18.1. The molecule has 2 N–H and O–H groups in total. The van der Waals surface area contributed by atoms with Crippen LogP contribution in [0, 0.1) is 0 Å². The van der Waals surface area contributed by atoms with Gasteiger partial charge in [-0.05, 0) is 48.7 Å². The second kappa shape index (κ2) is 9.76. The number of nitrogens with zero attached hydrogens (tertiary/aromatic N) is 1. The Hall–Kier alpha value is -2.86. The Morgan fingerprint density at radius 3 is 2.77 bits per heavy atom. The molecule has 6 heteroatoms. The molecule has 2 aromatic carbocycles. The summed E-state index contributed by atoms with van der Waals surface area (Å²) in [5, 5.41) is 9.09. The number of hydrogen-bond donors (Lipinski definition) is 2. The van der Waals surface area contributed by atoms with E-state index < -0.39 is 0 Å². The zero-order valence-electron chi connectivity index (χ0n) is 17.2. The summed E-state index contributed by atoms with van der Waals surface area (Å²) in [5.74, 6) is 0.557. The van der Waals surface area contributed by atoms with Crippen molar-refractivity contribution in [3.8, 4) is 17.0 Å². The van der Waals surface area contributed by atoms with Gasteiger partial charge in [-0.15, -0.1) is 11.3 Å². The van der Waals surface area contributed by atoms with Crippen LogP contribution in [0.1, 0.15) is 44.6 Å². The van der Waals surface area contributed by atoms with Crippen molar-refractivity contribution in [3.05, 3.63) is 53.4 Å². The third-order valence-corrected chi connectivity index (χ3v) is 5.94. The van der Waals surface area contributed by atoms with E-state index in [4.69, 9.17) is 9.72 Å². The molecule has 0 atom stereocenters. The summed E-state index contributed by atoms with van der Waals surface area (Å²) >= 11 is 1.56. The number of carbonyl (C=O) groups excluding carboxylic acids is 1. The number of thiazole rings is 1. The topological polar surface area (TPSA) is 63.2 Å². The number of aryl methyl sites for hydroxylation is 1. The van der Waals surface area contributed by atoms with Crippen molar-refractivity contribution >= 4 is 33.8 Å². The van der Waals surface area contributed by atoms with E-state index in [0.29, 0.717) is 11.4 Å². The molecular weight excluding hydrogens is 394 g/mol. The van der Waals surface area contributed by atoms with Gasteiger partial charge >= 0.3 is 0 Å².